The minimum Gasteiger partial charge on any atom is -0.493 e. The largest absolute Gasteiger partial charge is 0.493 e. The van der Waals surface area contributed by atoms with E-state index >= 15 is 0 Å². The number of amides is 1. The van der Waals surface area contributed by atoms with Crippen LogP contribution in [0.5, 0.6) is 11.5 Å². The van der Waals surface area contributed by atoms with Crippen LogP contribution in [0.3, 0.4) is 0 Å². The number of aromatic nitrogens is 5. The van der Waals surface area contributed by atoms with Crippen molar-refractivity contribution in [1.29, 1.82) is 0 Å². The fourth-order valence-corrected chi connectivity index (χ4v) is 4.93. The van der Waals surface area contributed by atoms with E-state index in [1.54, 1.807) is 38.2 Å². The first-order valence-corrected chi connectivity index (χ1v) is 10.6. The highest BCUT2D eigenvalue weighted by Gasteiger charge is 2.42. The molecule has 0 saturated heterocycles. The smallest absolute Gasteiger partial charge is 0.272 e. The Hall–Kier alpha value is -3.36. The summed E-state index contributed by atoms with van der Waals surface area (Å²) in [4.78, 5) is 15.3. The van der Waals surface area contributed by atoms with Crippen molar-refractivity contribution in [3.05, 3.63) is 42.0 Å². The highest BCUT2D eigenvalue weighted by molar-refractivity contribution is 5.92. The number of aryl methyl sites for hydroxylation is 1. The lowest BCUT2D eigenvalue weighted by Crippen LogP contribution is -2.51. The summed E-state index contributed by atoms with van der Waals surface area (Å²) in [6.07, 6.45) is 5.85. The zero-order valence-corrected chi connectivity index (χ0v) is 18.0. The third-order valence-corrected chi connectivity index (χ3v) is 6.45. The molecule has 5 rings (SSSR count). The Labute approximate surface area is 180 Å². The van der Waals surface area contributed by atoms with E-state index in [1.165, 1.54) is 0 Å². The van der Waals surface area contributed by atoms with Crippen LogP contribution in [0.25, 0.3) is 11.4 Å². The van der Waals surface area contributed by atoms with E-state index in [4.69, 9.17) is 9.47 Å². The normalized spacial score (nSPS) is 20.2. The molecule has 162 valence electrons. The van der Waals surface area contributed by atoms with Crippen molar-refractivity contribution < 1.29 is 14.3 Å². The fraction of sp³-hybridized carbons (Fsp3) is 0.455. The standard InChI is InChI=1S/C22H26N6O3/c1-26-17(10-11-23-26)22(29)27-13-20-24-25-21(28(20)16-7-5-4-6-15(16)27)14-8-9-18(30-2)19(12-14)31-3/h8-12,15-16H,4-7,13H2,1-3H3. The Morgan fingerprint density at radius 2 is 1.81 bits per heavy atom. The molecular formula is C22H26N6O3. The van der Waals surface area contributed by atoms with Gasteiger partial charge in [-0.2, -0.15) is 5.10 Å². The van der Waals surface area contributed by atoms with Crippen LogP contribution in [-0.4, -0.2) is 55.6 Å². The zero-order valence-electron chi connectivity index (χ0n) is 18.0. The Bertz CT molecular complexity index is 1120. The fourth-order valence-electron chi connectivity index (χ4n) is 4.93. The van der Waals surface area contributed by atoms with E-state index in [0.717, 1.165) is 42.9 Å². The number of hydrogen-bond acceptors (Lipinski definition) is 6. The van der Waals surface area contributed by atoms with Crippen LogP contribution in [-0.2, 0) is 13.6 Å². The van der Waals surface area contributed by atoms with E-state index in [1.807, 2.05) is 23.1 Å². The average Bonchev–Trinajstić information content (AvgIpc) is 3.43. The predicted octanol–water partition coefficient (Wildman–Crippen LogP) is 2.84. The summed E-state index contributed by atoms with van der Waals surface area (Å²) < 4.78 is 14.7. The first kappa shape index (κ1) is 19.6. The minimum atomic E-state index is -0.00110. The number of ether oxygens (including phenoxy) is 2. The van der Waals surface area contributed by atoms with E-state index in [0.29, 0.717) is 23.7 Å². The van der Waals surface area contributed by atoms with Gasteiger partial charge in [0.25, 0.3) is 5.91 Å². The molecule has 0 radical (unpaired) electrons. The van der Waals surface area contributed by atoms with Crippen molar-refractivity contribution in [3.8, 4) is 22.9 Å². The molecule has 3 aromatic rings. The summed E-state index contributed by atoms with van der Waals surface area (Å²) >= 11 is 0. The molecule has 9 nitrogen and oxygen atoms in total. The van der Waals surface area contributed by atoms with Crippen LogP contribution in [0.15, 0.2) is 30.5 Å². The van der Waals surface area contributed by atoms with Crippen molar-refractivity contribution in [2.75, 3.05) is 14.2 Å². The van der Waals surface area contributed by atoms with Gasteiger partial charge in [-0.15, -0.1) is 10.2 Å². The molecule has 0 N–H and O–H groups in total. The minimum absolute atomic E-state index is 0.00110. The molecule has 9 heteroatoms. The Kier molecular flexibility index (Phi) is 4.88. The van der Waals surface area contributed by atoms with E-state index in [2.05, 4.69) is 19.9 Å². The summed E-state index contributed by atoms with van der Waals surface area (Å²) in [5.41, 5.74) is 1.52. The molecule has 2 aromatic heterocycles. The summed E-state index contributed by atoms with van der Waals surface area (Å²) in [7, 11) is 5.05. The van der Waals surface area contributed by atoms with Crippen LogP contribution in [0.1, 0.15) is 48.0 Å². The Morgan fingerprint density at radius 1 is 1.03 bits per heavy atom. The van der Waals surface area contributed by atoms with Gasteiger partial charge < -0.3 is 18.9 Å². The van der Waals surface area contributed by atoms with Crippen molar-refractivity contribution in [2.24, 2.45) is 7.05 Å². The number of carbonyl (C=O) groups is 1. The van der Waals surface area contributed by atoms with Crippen molar-refractivity contribution in [3.63, 3.8) is 0 Å². The third-order valence-electron chi connectivity index (χ3n) is 6.45. The Balaban J connectivity index is 1.56. The highest BCUT2D eigenvalue weighted by atomic mass is 16.5. The molecule has 1 amide bonds. The van der Waals surface area contributed by atoms with Gasteiger partial charge in [0, 0.05) is 18.8 Å². The summed E-state index contributed by atoms with van der Waals surface area (Å²) in [5.74, 6) is 2.94. The van der Waals surface area contributed by atoms with Gasteiger partial charge in [-0.25, -0.2) is 0 Å². The lowest BCUT2D eigenvalue weighted by atomic mass is 9.87. The molecule has 1 fully saturated rings. The lowest BCUT2D eigenvalue weighted by Gasteiger charge is -2.44. The van der Waals surface area contributed by atoms with Gasteiger partial charge in [0.05, 0.1) is 32.8 Å². The van der Waals surface area contributed by atoms with Crippen LogP contribution < -0.4 is 9.47 Å². The number of methoxy groups -OCH3 is 2. The van der Waals surface area contributed by atoms with Crippen LogP contribution in [0, 0.1) is 0 Å². The zero-order chi connectivity index (χ0) is 21.5. The van der Waals surface area contributed by atoms with Crippen molar-refractivity contribution in [2.45, 2.75) is 44.3 Å². The van der Waals surface area contributed by atoms with Crippen LogP contribution >= 0.6 is 0 Å². The molecule has 2 unspecified atom stereocenters. The summed E-state index contributed by atoms with van der Waals surface area (Å²) in [6, 6.07) is 7.82. The van der Waals surface area contributed by atoms with Gasteiger partial charge in [-0.1, -0.05) is 12.8 Å². The molecule has 3 heterocycles. The number of nitrogens with zero attached hydrogens (tertiary/aromatic N) is 6. The van der Waals surface area contributed by atoms with Crippen molar-refractivity contribution >= 4 is 5.91 Å². The molecular weight excluding hydrogens is 396 g/mol. The molecule has 1 aliphatic carbocycles. The first-order chi connectivity index (χ1) is 15.1. The second-order valence-electron chi connectivity index (χ2n) is 8.07. The van der Waals surface area contributed by atoms with E-state index in [-0.39, 0.29) is 18.0 Å². The average molecular weight is 422 g/mol. The second kappa shape index (κ2) is 7.72. The van der Waals surface area contributed by atoms with Gasteiger partial charge >= 0.3 is 0 Å². The molecule has 1 saturated carbocycles. The quantitative estimate of drug-likeness (QED) is 0.643. The SMILES string of the molecule is COc1ccc(-c2nnc3n2C2CCCCC2N(C(=O)c2ccnn2C)C3)cc1OC. The first-order valence-electron chi connectivity index (χ1n) is 10.6. The monoisotopic (exact) mass is 422 g/mol. The predicted molar refractivity (Wildman–Crippen MR) is 113 cm³/mol. The van der Waals surface area contributed by atoms with Gasteiger partial charge in [0.15, 0.2) is 23.1 Å². The molecule has 0 spiro atoms. The van der Waals surface area contributed by atoms with E-state index < -0.39 is 0 Å². The summed E-state index contributed by atoms with van der Waals surface area (Å²) in [6.45, 7) is 0.436. The molecule has 1 aliphatic heterocycles. The lowest BCUT2D eigenvalue weighted by molar-refractivity contribution is 0.0410. The van der Waals surface area contributed by atoms with Gasteiger partial charge in [0.2, 0.25) is 0 Å². The topological polar surface area (TPSA) is 87.3 Å². The molecule has 2 aliphatic rings. The maximum atomic E-state index is 13.4. The highest BCUT2D eigenvalue weighted by Crippen LogP contribution is 2.41. The van der Waals surface area contributed by atoms with Gasteiger partial charge in [-0.3, -0.25) is 9.48 Å². The molecule has 31 heavy (non-hydrogen) atoms. The number of benzene rings is 1. The number of fused-ring (bicyclic) bond motifs is 3. The maximum Gasteiger partial charge on any atom is 0.272 e. The molecule has 1 aromatic carbocycles. The Morgan fingerprint density at radius 3 is 2.52 bits per heavy atom. The van der Waals surface area contributed by atoms with Gasteiger partial charge in [-0.05, 0) is 37.1 Å². The number of hydrogen-bond donors (Lipinski definition) is 0. The third kappa shape index (κ3) is 3.15. The van der Waals surface area contributed by atoms with Gasteiger partial charge in [0.1, 0.15) is 5.69 Å². The van der Waals surface area contributed by atoms with Crippen LogP contribution in [0.4, 0.5) is 0 Å². The number of rotatable bonds is 4. The maximum absolute atomic E-state index is 13.4. The van der Waals surface area contributed by atoms with E-state index in [9.17, 15) is 4.79 Å². The molecule has 2 atom stereocenters. The van der Waals surface area contributed by atoms with Crippen molar-refractivity contribution in [1.82, 2.24) is 29.4 Å². The number of carbonyl (C=O) groups excluding carboxylic acids is 1. The summed E-state index contributed by atoms with van der Waals surface area (Å²) in [5, 5.41) is 13.2. The molecule has 0 bridgehead atoms. The second-order valence-corrected chi connectivity index (χ2v) is 8.07. The van der Waals surface area contributed by atoms with Crippen LogP contribution in [0.2, 0.25) is 0 Å².